The fraction of sp³-hybridized carbons (Fsp3) is 0.467. The van der Waals surface area contributed by atoms with E-state index in [2.05, 4.69) is 9.97 Å². The molecule has 1 aliphatic heterocycles. The highest BCUT2D eigenvalue weighted by molar-refractivity contribution is 7.20. The molecule has 3 heterocycles. The molecule has 1 aliphatic rings. The Morgan fingerprint density at radius 1 is 1.48 bits per heavy atom. The number of esters is 1. The highest BCUT2D eigenvalue weighted by Crippen LogP contribution is 2.36. The van der Waals surface area contributed by atoms with Crippen LogP contribution in [0.5, 0.6) is 0 Å². The van der Waals surface area contributed by atoms with Crippen molar-refractivity contribution in [3.8, 4) is 0 Å². The summed E-state index contributed by atoms with van der Waals surface area (Å²) in [6, 6.07) is 0. The van der Waals surface area contributed by atoms with Crippen LogP contribution >= 0.6 is 11.3 Å². The molecule has 0 radical (unpaired) electrons. The fourth-order valence-corrected chi connectivity index (χ4v) is 3.88. The Morgan fingerprint density at radius 2 is 2.26 bits per heavy atom. The molecular weight excluding hydrogens is 318 g/mol. The Kier molecular flexibility index (Phi) is 4.16. The van der Waals surface area contributed by atoms with Crippen LogP contribution in [-0.2, 0) is 9.53 Å². The lowest BCUT2D eigenvalue weighted by atomic mass is 10.1. The summed E-state index contributed by atoms with van der Waals surface area (Å²) in [4.78, 5) is 35.0. The molecule has 2 aromatic heterocycles. The maximum Gasteiger partial charge on any atom is 0.348 e. The first kappa shape index (κ1) is 15.7. The Bertz CT molecular complexity index is 773. The Labute approximate surface area is 136 Å². The van der Waals surface area contributed by atoms with Crippen molar-refractivity contribution in [3.63, 3.8) is 0 Å². The Hall–Kier alpha value is -2.22. The summed E-state index contributed by atoms with van der Waals surface area (Å²) < 4.78 is 5.08. The first-order valence-electron chi connectivity index (χ1n) is 7.41. The smallest absolute Gasteiger partial charge is 0.348 e. The van der Waals surface area contributed by atoms with E-state index in [1.807, 2.05) is 11.8 Å². The predicted octanol–water partition coefficient (Wildman–Crippen LogP) is 2.09. The molecule has 7 nitrogen and oxygen atoms in total. The van der Waals surface area contributed by atoms with Crippen LogP contribution in [0.25, 0.3) is 10.2 Å². The molecule has 0 aromatic carbocycles. The molecule has 8 heteroatoms. The molecule has 0 aliphatic carbocycles. The predicted molar refractivity (Wildman–Crippen MR) is 86.1 cm³/mol. The van der Waals surface area contributed by atoms with Gasteiger partial charge in [0.25, 0.3) is 0 Å². The quantitative estimate of drug-likeness (QED) is 0.855. The van der Waals surface area contributed by atoms with Crippen LogP contribution in [-0.4, -0.2) is 46.7 Å². The number of nitrogens with zero attached hydrogens (tertiary/aromatic N) is 3. The number of carbonyl (C=O) groups is 2. The topological polar surface area (TPSA) is 92.6 Å². The van der Waals surface area contributed by atoms with E-state index in [0.717, 1.165) is 10.9 Å². The van der Waals surface area contributed by atoms with Crippen molar-refractivity contribution < 1.29 is 19.4 Å². The molecule has 1 N–H and O–H groups in total. The third kappa shape index (κ3) is 2.74. The van der Waals surface area contributed by atoms with E-state index < -0.39 is 5.97 Å². The van der Waals surface area contributed by atoms with E-state index in [9.17, 15) is 9.59 Å². The minimum absolute atomic E-state index is 0.317. The van der Waals surface area contributed by atoms with Crippen molar-refractivity contribution in [1.82, 2.24) is 9.97 Å². The SMILES string of the molecule is CCOC(=O)c1sc2ncnc(N3CCC(C(=O)O)C3)c2c1C. The van der Waals surface area contributed by atoms with Gasteiger partial charge in [-0.05, 0) is 25.8 Å². The van der Waals surface area contributed by atoms with Gasteiger partial charge in [0.2, 0.25) is 0 Å². The summed E-state index contributed by atoms with van der Waals surface area (Å²) in [6.07, 6.45) is 2.05. The van der Waals surface area contributed by atoms with Gasteiger partial charge in [-0.25, -0.2) is 14.8 Å². The zero-order chi connectivity index (χ0) is 16.6. The molecule has 0 amide bonds. The molecule has 1 saturated heterocycles. The van der Waals surface area contributed by atoms with E-state index in [4.69, 9.17) is 9.84 Å². The molecule has 2 aromatic rings. The molecule has 23 heavy (non-hydrogen) atoms. The number of fused-ring (bicyclic) bond motifs is 1. The maximum atomic E-state index is 12.1. The molecule has 1 unspecified atom stereocenters. The summed E-state index contributed by atoms with van der Waals surface area (Å²) in [5, 5.41) is 9.97. The van der Waals surface area contributed by atoms with Crippen molar-refractivity contribution in [2.45, 2.75) is 20.3 Å². The highest BCUT2D eigenvalue weighted by atomic mass is 32.1. The summed E-state index contributed by atoms with van der Waals surface area (Å²) in [5.41, 5.74) is 0.790. The van der Waals surface area contributed by atoms with Crippen LogP contribution in [0.1, 0.15) is 28.6 Å². The molecule has 1 fully saturated rings. The molecule has 3 rings (SSSR count). The third-order valence-corrected chi connectivity index (χ3v) is 5.18. The standard InChI is InChI=1S/C15H17N3O4S/c1-3-22-15(21)11-8(2)10-12(16-7-17-13(10)23-11)18-5-4-9(6-18)14(19)20/h7,9H,3-6H2,1-2H3,(H,19,20). The van der Waals surface area contributed by atoms with Crippen LogP contribution in [0, 0.1) is 12.8 Å². The molecule has 0 bridgehead atoms. The molecule has 0 saturated carbocycles. The van der Waals surface area contributed by atoms with Crippen LogP contribution in [0.15, 0.2) is 6.33 Å². The lowest BCUT2D eigenvalue weighted by molar-refractivity contribution is -0.140. The normalized spacial score (nSPS) is 17.7. The maximum absolute atomic E-state index is 12.1. The second-order valence-corrected chi connectivity index (χ2v) is 6.42. The average molecular weight is 335 g/mol. The first-order chi connectivity index (χ1) is 11.0. The first-order valence-corrected chi connectivity index (χ1v) is 8.23. The van der Waals surface area contributed by atoms with E-state index in [1.165, 1.54) is 17.7 Å². The van der Waals surface area contributed by atoms with Gasteiger partial charge in [0, 0.05) is 13.1 Å². The summed E-state index contributed by atoms with van der Waals surface area (Å²) in [6.45, 7) is 4.99. The number of anilines is 1. The number of thiophene rings is 1. The van der Waals surface area contributed by atoms with E-state index >= 15 is 0 Å². The number of aryl methyl sites for hydroxylation is 1. The van der Waals surface area contributed by atoms with Gasteiger partial charge in [-0.1, -0.05) is 0 Å². The van der Waals surface area contributed by atoms with Crippen molar-refractivity contribution in [2.24, 2.45) is 5.92 Å². The number of hydrogen-bond donors (Lipinski definition) is 1. The van der Waals surface area contributed by atoms with Crippen LogP contribution < -0.4 is 4.90 Å². The Balaban J connectivity index is 2.02. The van der Waals surface area contributed by atoms with Gasteiger partial charge < -0.3 is 14.7 Å². The van der Waals surface area contributed by atoms with Crippen molar-refractivity contribution in [2.75, 3.05) is 24.6 Å². The van der Waals surface area contributed by atoms with Gasteiger partial charge in [0.05, 0.1) is 17.9 Å². The molecular formula is C15H17N3O4S. The summed E-state index contributed by atoms with van der Waals surface area (Å²) in [7, 11) is 0. The second-order valence-electron chi connectivity index (χ2n) is 5.42. The fourth-order valence-electron chi connectivity index (χ4n) is 2.84. The van der Waals surface area contributed by atoms with Crippen LogP contribution in [0.4, 0.5) is 5.82 Å². The number of ether oxygens (including phenoxy) is 1. The van der Waals surface area contributed by atoms with Crippen molar-refractivity contribution in [3.05, 3.63) is 16.8 Å². The number of carboxylic acids is 1. The monoisotopic (exact) mass is 335 g/mol. The van der Waals surface area contributed by atoms with Gasteiger partial charge in [-0.3, -0.25) is 4.79 Å². The van der Waals surface area contributed by atoms with Gasteiger partial charge in [0.1, 0.15) is 21.9 Å². The summed E-state index contributed by atoms with van der Waals surface area (Å²) >= 11 is 1.28. The molecule has 0 spiro atoms. The number of hydrogen-bond acceptors (Lipinski definition) is 7. The van der Waals surface area contributed by atoms with Crippen LogP contribution in [0.2, 0.25) is 0 Å². The van der Waals surface area contributed by atoms with E-state index in [1.54, 1.807) is 6.92 Å². The molecule has 1 atom stereocenters. The van der Waals surface area contributed by atoms with E-state index in [-0.39, 0.29) is 11.9 Å². The third-order valence-electron chi connectivity index (χ3n) is 4.00. The Morgan fingerprint density at radius 3 is 2.91 bits per heavy atom. The minimum atomic E-state index is -0.785. The highest BCUT2D eigenvalue weighted by Gasteiger charge is 2.31. The average Bonchev–Trinajstić information content (AvgIpc) is 3.13. The zero-order valence-electron chi connectivity index (χ0n) is 12.9. The van der Waals surface area contributed by atoms with Crippen LogP contribution in [0.3, 0.4) is 0 Å². The van der Waals surface area contributed by atoms with Gasteiger partial charge >= 0.3 is 11.9 Å². The lowest BCUT2D eigenvalue weighted by Crippen LogP contribution is -2.23. The zero-order valence-corrected chi connectivity index (χ0v) is 13.7. The number of carbonyl (C=O) groups excluding carboxylic acids is 1. The molecule has 122 valence electrons. The summed E-state index contributed by atoms with van der Waals surface area (Å²) in [5.74, 6) is -0.831. The van der Waals surface area contributed by atoms with E-state index in [0.29, 0.717) is 41.6 Å². The van der Waals surface area contributed by atoms with Crippen molar-refractivity contribution >= 4 is 39.3 Å². The number of rotatable bonds is 4. The van der Waals surface area contributed by atoms with Gasteiger partial charge in [-0.15, -0.1) is 11.3 Å². The lowest BCUT2D eigenvalue weighted by Gasteiger charge is -2.17. The minimum Gasteiger partial charge on any atom is -0.481 e. The number of aromatic nitrogens is 2. The number of carboxylic acid groups (broad SMARTS) is 1. The largest absolute Gasteiger partial charge is 0.481 e. The number of aliphatic carboxylic acids is 1. The van der Waals surface area contributed by atoms with Gasteiger partial charge in [0.15, 0.2) is 0 Å². The second kappa shape index (κ2) is 6.11. The van der Waals surface area contributed by atoms with Gasteiger partial charge in [-0.2, -0.15) is 0 Å². The van der Waals surface area contributed by atoms with Crippen molar-refractivity contribution in [1.29, 1.82) is 0 Å².